The Morgan fingerprint density at radius 2 is 1.50 bits per heavy atom. The fourth-order valence-electron chi connectivity index (χ4n) is 3.76. The van der Waals surface area contributed by atoms with E-state index >= 15 is 0 Å². The molecule has 0 saturated heterocycles. The number of benzene rings is 2. The lowest BCUT2D eigenvalue weighted by molar-refractivity contribution is 0.490. The van der Waals surface area contributed by atoms with Crippen LogP contribution in [0.1, 0.15) is 13.8 Å². The summed E-state index contributed by atoms with van der Waals surface area (Å²) in [5.74, 6) is -1.79. The molecule has 0 aliphatic rings. The number of hydrogen-bond acceptors (Lipinski definition) is 8. The summed E-state index contributed by atoms with van der Waals surface area (Å²) in [6.07, 6.45) is 0.715. The number of nitrogens with two attached hydrogens (primary N) is 1. The van der Waals surface area contributed by atoms with Crippen LogP contribution in [0.5, 0.6) is 0 Å². The number of halogens is 2. The van der Waals surface area contributed by atoms with Crippen LogP contribution in [-0.2, 0) is 20.1 Å². The minimum Gasteiger partial charge on any atom is -0.368 e. The molecule has 0 radical (unpaired) electrons. The number of hydrogen-bond donors (Lipinski definition) is 3. The van der Waals surface area contributed by atoms with Gasteiger partial charge in [0.1, 0.15) is 23.0 Å². The SMILES string of the molecule is CC(C)S(=O)(=O)n1c(N)nc2ccc(-c3[nH]c(-c4c(F)cccc4F)nc3-c3ccccc3)nc21.CS(=O)(=O)O. The zero-order valence-corrected chi connectivity index (χ0v) is 23.0. The number of aromatic nitrogens is 5. The zero-order valence-electron chi connectivity index (χ0n) is 21.4. The molecule has 3 heterocycles. The molecule has 0 atom stereocenters. The van der Waals surface area contributed by atoms with Gasteiger partial charge in [-0.25, -0.2) is 32.2 Å². The number of anilines is 1. The molecule has 0 aliphatic heterocycles. The van der Waals surface area contributed by atoms with Gasteiger partial charge in [0.05, 0.1) is 34.2 Å². The Balaban J connectivity index is 0.000000681. The summed E-state index contributed by atoms with van der Waals surface area (Å²) >= 11 is 0. The quantitative estimate of drug-likeness (QED) is 0.255. The van der Waals surface area contributed by atoms with Crippen molar-refractivity contribution in [2.45, 2.75) is 19.1 Å². The normalized spacial score (nSPS) is 12.0. The summed E-state index contributed by atoms with van der Waals surface area (Å²) in [4.78, 5) is 16.1. The van der Waals surface area contributed by atoms with Gasteiger partial charge < -0.3 is 10.7 Å². The lowest BCUT2D eigenvalue weighted by Gasteiger charge is -2.11. The van der Waals surface area contributed by atoms with Crippen LogP contribution in [0.2, 0.25) is 0 Å². The fourth-order valence-corrected chi connectivity index (χ4v) is 4.86. The van der Waals surface area contributed by atoms with Crippen molar-refractivity contribution in [3.05, 3.63) is 72.3 Å². The summed E-state index contributed by atoms with van der Waals surface area (Å²) in [6, 6.07) is 15.8. The Morgan fingerprint density at radius 3 is 2.08 bits per heavy atom. The van der Waals surface area contributed by atoms with Crippen molar-refractivity contribution < 1.29 is 30.2 Å². The first-order chi connectivity index (χ1) is 18.7. The Hall–Kier alpha value is -4.21. The van der Waals surface area contributed by atoms with Gasteiger partial charge in [0, 0.05) is 5.56 Å². The van der Waals surface area contributed by atoms with E-state index in [-0.39, 0.29) is 28.5 Å². The van der Waals surface area contributed by atoms with Crippen LogP contribution in [0.25, 0.3) is 45.2 Å². The third kappa shape index (κ3) is 5.85. The lowest BCUT2D eigenvalue weighted by Crippen LogP contribution is -2.24. The molecular formula is C25H24F2N6O5S2. The van der Waals surface area contributed by atoms with E-state index in [9.17, 15) is 25.6 Å². The first kappa shape index (κ1) is 28.8. The molecule has 0 saturated carbocycles. The maximum Gasteiger partial charge on any atom is 0.261 e. The average molecular weight is 591 g/mol. The van der Waals surface area contributed by atoms with E-state index in [2.05, 4.69) is 19.9 Å². The number of nitrogens with one attached hydrogen (secondary N) is 1. The predicted octanol–water partition coefficient (Wildman–Crippen LogP) is 4.11. The molecule has 40 heavy (non-hydrogen) atoms. The molecule has 3 aromatic heterocycles. The van der Waals surface area contributed by atoms with Crippen LogP contribution in [0, 0.1) is 11.6 Å². The Bertz CT molecular complexity index is 1890. The highest BCUT2D eigenvalue weighted by Crippen LogP contribution is 2.35. The molecule has 5 aromatic rings. The van der Waals surface area contributed by atoms with Crippen LogP contribution < -0.4 is 5.73 Å². The highest BCUT2D eigenvalue weighted by molar-refractivity contribution is 7.90. The number of nitrogens with zero attached hydrogens (tertiary/aromatic N) is 4. The molecule has 0 amide bonds. The van der Waals surface area contributed by atoms with E-state index in [4.69, 9.17) is 10.3 Å². The summed E-state index contributed by atoms with van der Waals surface area (Å²) in [6.45, 7) is 3.06. The van der Waals surface area contributed by atoms with Crippen molar-refractivity contribution in [1.29, 1.82) is 0 Å². The van der Waals surface area contributed by atoms with Gasteiger partial charge in [-0.2, -0.15) is 12.4 Å². The minimum absolute atomic E-state index is 0.0285. The van der Waals surface area contributed by atoms with Crippen LogP contribution >= 0.6 is 0 Å². The van der Waals surface area contributed by atoms with Gasteiger partial charge in [-0.15, -0.1) is 0 Å². The van der Waals surface area contributed by atoms with E-state index in [1.54, 1.807) is 36.4 Å². The molecule has 0 bridgehead atoms. The highest BCUT2D eigenvalue weighted by atomic mass is 32.2. The smallest absolute Gasteiger partial charge is 0.261 e. The van der Waals surface area contributed by atoms with E-state index in [1.165, 1.54) is 19.9 Å². The number of H-pyrrole nitrogens is 1. The van der Waals surface area contributed by atoms with E-state index < -0.39 is 37.0 Å². The van der Waals surface area contributed by atoms with Gasteiger partial charge in [-0.05, 0) is 38.1 Å². The Kier molecular flexibility index (Phi) is 7.74. The van der Waals surface area contributed by atoms with Crippen molar-refractivity contribution in [2.24, 2.45) is 0 Å². The van der Waals surface area contributed by atoms with Crippen molar-refractivity contribution >= 4 is 37.3 Å². The van der Waals surface area contributed by atoms with Crippen molar-refractivity contribution in [2.75, 3.05) is 12.0 Å². The fraction of sp³-hybridized carbons (Fsp3) is 0.160. The second-order valence-corrected chi connectivity index (χ2v) is 12.7. The van der Waals surface area contributed by atoms with E-state index in [0.29, 0.717) is 28.9 Å². The summed E-state index contributed by atoms with van der Waals surface area (Å²) in [5, 5.41) is -0.768. The molecule has 0 aliphatic carbocycles. The maximum atomic E-state index is 14.5. The van der Waals surface area contributed by atoms with Crippen LogP contribution in [0.4, 0.5) is 14.7 Å². The molecule has 210 valence electrons. The third-order valence-electron chi connectivity index (χ3n) is 5.55. The standard InChI is InChI=1S/C24H20F2N6O2S.CH4O3S/c1-13(2)35(33,34)32-23-18(29-24(32)27)12-11-17(28-23)21-20(14-7-4-3-5-8-14)30-22(31-21)19-15(25)9-6-10-16(19)26;1-5(2,3)4/h3-13H,1-2H3,(H2,27,29)(H,30,31);1H3,(H,2,3,4). The molecule has 0 spiro atoms. The second-order valence-electron chi connectivity index (χ2n) is 8.87. The van der Waals surface area contributed by atoms with Crippen LogP contribution in [-0.4, -0.2) is 56.8 Å². The van der Waals surface area contributed by atoms with Gasteiger partial charge in [0.25, 0.3) is 10.1 Å². The monoisotopic (exact) mass is 590 g/mol. The van der Waals surface area contributed by atoms with Gasteiger partial charge in [0.2, 0.25) is 16.0 Å². The predicted molar refractivity (Wildman–Crippen MR) is 147 cm³/mol. The van der Waals surface area contributed by atoms with Gasteiger partial charge >= 0.3 is 0 Å². The lowest BCUT2D eigenvalue weighted by atomic mass is 10.1. The number of nitrogen functional groups attached to an aromatic ring is 1. The summed E-state index contributed by atoms with van der Waals surface area (Å²) in [7, 11) is -7.53. The van der Waals surface area contributed by atoms with Crippen molar-refractivity contribution in [1.82, 2.24) is 23.9 Å². The van der Waals surface area contributed by atoms with Gasteiger partial charge in [-0.3, -0.25) is 4.55 Å². The van der Waals surface area contributed by atoms with E-state index in [0.717, 1.165) is 16.1 Å². The molecule has 5 rings (SSSR count). The van der Waals surface area contributed by atoms with Crippen molar-refractivity contribution in [3.63, 3.8) is 0 Å². The molecule has 4 N–H and O–H groups in total. The Labute approximate surface area is 228 Å². The first-order valence-corrected chi connectivity index (χ1v) is 15.0. The average Bonchev–Trinajstić information content (AvgIpc) is 3.44. The Morgan fingerprint density at radius 1 is 0.900 bits per heavy atom. The van der Waals surface area contributed by atoms with Gasteiger partial charge in [0.15, 0.2) is 5.65 Å². The molecule has 15 heteroatoms. The largest absolute Gasteiger partial charge is 0.368 e. The van der Waals surface area contributed by atoms with Crippen LogP contribution in [0.15, 0.2) is 60.7 Å². The second kappa shape index (κ2) is 10.7. The topological polar surface area (TPSA) is 174 Å². The summed E-state index contributed by atoms with van der Waals surface area (Å²) < 4.78 is 81.7. The number of pyridine rings is 1. The van der Waals surface area contributed by atoms with E-state index in [1.807, 2.05) is 6.07 Å². The third-order valence-corrected chi connectivity index (χ3v) is 7.61. The molecule has 0 unspecified atom stereocenters. The molecule has 11 nitrogen and oxygen atoms in total. The number of imidazole rings is 2. The molecular weight excluding hydrogens is 566 g/mol. The zero-order chi connectivity index (χ0) is 29.4. The highest BCUT2D eigenvalue weighted by Gasteiger charge is 2.27. The molecule has 0 fully saturated rings. The van der Waals surface area contributed by atoms with Gasteiger partial charge in [-0.1, -0.05) is 36.4 Å². The van der Waals surface area contributed by atoms with Crippen LogP contribution in [0.3, 0.4) is 0 Å². The number of aromatic amines is 1. The summed E-state index contributed by atoms with van der Waals surface area (Å²) in [5.41, 5.74) is 7.66. The maximum absolute atomic E-state index is 14.5. The number of fused-ring (bicyclic) bond motifs is 1. The number of rotatable bonds is 5. The first-order valence-electron chi connectivity index (χ1n) is 11.6. The molecule has 2 aromatic carbocycles. The minimum atomic E-state index is -3.86. The van der Waals surface area contributed by atoms with Crippen molar-refractivity contribution in [3.8, 4) is 34.0 Å².